The highest BCUT2D eigenvalue weighted by molar-refractivity contribution is 5.96. The number of likely N-dealkylation sites (tertiary alicyclic amines) is 1. The highest BCUT2D eigenvalue weighted by Gasteiger charge is 2.40. The fourth-order valence-corrected chi connectivity index (χ4v) is 5.98. The van der Waals surface area contributed by atoms with Crippen molar-refractivity contribution in [2.45, 2.75) is 64.2 Å². The van der Waals surface area contributed by atoms with Crippen LogP contribution in [0.2, 0.25) is 0 Å². The van der Waals surface area contributed by atoms with Crippen LogP contribution in [-0.2, 0) is 12.8 Å². The standard InChI is InChI=1S/C27H37N3O2/c1-31-24-14-21-23(29-22-7-4-6-20(22)26(21)28-16-19-8-9-19)15-25(24)32-18-27(10-5-11-27)17-30-12-2-3-13-30/h14-15,19H,2-13,16-18H2,1H3,(H,28,29). The van der Waals surface area contributed by atoms with E-state index < -0.39 is 0 Å². The third kappa shape index (κ3) is 3.93. The lowest BCUT2D eigenvalue weighted by Gasteiger charge is -2.44. The first kappa shape index (κ1) is 20.6. The van der Waals surface area contributed by atoms with Crippen LogP contribution in [0.3, 0.4) is 0 Å². The molecule has 0 unspecified atom stereocenters. The number of aromatic nitrogens is 1. The molecule has 0 radical (unpaired) electrons. The summed E-state index contributed by atoms with van der Waals surface area (Å²) < 4.78 is 12.3. The Labute approximate surface area is 191 Å². The van der Waals surface area contributed by atoms with Crippen LogP contribution in [0.1, 0.15) is 62.6 Å². The molecule has 2 saturated carbocycles. The summed E-state index contributed by atoms with van der Waals surface area (Å²) in [6.45, 7) is 5.55. The number of aryl methyl sites for hydroxylation is 1. The minimum absolute atomic E-state index is 0.312. The fraction of sp³-hybridized carbons (Fsp3) is 0.667. The third-order valence-corrected chi connectivity index (χ3v) is 8.27. The zero-order valence-corrected chi connectivity index (χ0v) is 19.5. The summed E-state index contributed by atoms with van der Waals surface area (Å²) in [6, 6.07) is 4.30. The van der Waals surface area contributed by atoms with Gasteiger partial charge in [-0.1, -0.05) is 6.42 Å². The van der Waals surface area contributed by atoms with Gasteiger partial charge in [0.05, 0.1) is 19.2 Å². The zero-order chi connectivity index (χ0) is 21.5. The van der Waals surface area contributed by atoms with Gasteiger partial charge in [0.2, 0.25) is 0 Å². The molecule has 1 saturated heterocycles. The number of pyridine rings is 1. The quantitative estimate of drug-likeness (QED) is 0.587. The minimum Gasteiger partial charge on any atom is -0.493 e. The van der Waals surface area contributed by atoms with Gasteiger partial charge in [-0.3, -0.25) is 4.98 Å². The lowest BCUT2D eigenvalue weighted by atomic mass is 9.69. The number of benzene rings is 1. The molecule has 5 nitrogen and oxygen atoms in total. The van der Waals surface area contributed by atoms with Crippen molar-refractivity contribution in [2.24, 2.45) is 11.3 Å². The van der Waals surface area contributed by atoms with E-state index in [-0.39, 0.29) is 0 Å². The van der Waals surface area contributed by atoms with E-state index in [4.69, 9.17) is 14.5 Å². The molecule has 5 heteroatoms. The molecule has 0 amide bonds. The van der Waals surface area contributed by atoms with Crippen molar-refractivity contribution in [2.75, 3.05) is 45.2 Å². The first-order chi connectivity index (χ1) is 15.7. The summed E-state index contributed by atoms with van der Waals surface area (Å²) >= 11 is 0. The van der Waals surface area contributed by atoms with Crippen LogP contribution in [0.25, 0.3) is 10.9 Å². The van der Waals surface area contributed by atoms with Gasteiger partial charge in [0.15, 0.2) is 11.5 Å². The molecule has 6 rings (SSSR count). The van der Waals surface area contributed by atoms with Crippen molar-refractivity contribution >= 4 is 16.6 Å². The van der Waals surface area contributed by atoms with Crippen LogP contribution in [0.5, 0.6) is 11.5 Å². The summed E-state index contributed by atoms with van der Waals surface area (Å²) in [4.78, 5) is 7.71. The van der Waals surface area contributed by atoms with Gasteiger partial charge in [-0.15, -0.1) is 0 Å². The maximum absolute atomic E-state index is 6.51. The predicted octanol–water partition coefficient (Wildman–Crippen LogP) is 5.20. The number of hydrogen-bond acceptors (Lipinski definition) is 5. The van der Waals surface area contributed by atoms with E-state index in [2.05, 4.69) is 22.3 Å². The van der Waals surface area contributed by atoms with E-state index in [0.29, 0.717) is 5.41 Å². The topological polar surface area (TPSA) is 46.6 Å². The highest BCUT2D eigenvalue weighted by Crippen LogP contribution is 2.45. The molecule has 0 bridgehead atoms. The Balaban J connectivity index is 1.28. The van der Waals surface area contributed by atoms with Gasteiger partial charge >= 0.3 is 0 Å². The Hall–Kier alpha value is -2.01. The molecule has 2 aromatic rings. The number of nitrogens with zero attached hydrogens (tertiary/aromatic N) is 2. The van der Waals surface area contributed by atoms with Crippen LogP contribution in [-0.4, -0.2) is 49.8 Å². The molecule has 172 valence electrons. The van der Waals surface area contributed by atoms with Crippen LogP contribution >= 0.6 is 0 Å². The SMILES string of the molecule is COc1cc2c(NCC3CC3)c3c(nc2cc1OCC1(CN2CCCC2)CCC1)CCC3. The second kappa shape index (κ2) is 8.40. The average molecular weight is 436 g/mol. The van der Waals surface area contributed by atoms with E-state index in [0.717, 1.165) is 48.9 Å². The van der Waals surface area contributed by atoms with Crippen LogP contribution in [0.4, 0.5) is 5.69 Å². The Morgan fingerprint density at radius 1 is 1.06 bits per heavy atom. The lowest BCUT2D eigenvalue weighted by Crippen LogP contribution is -2.45. The Morgan fingerprint density at radius 2 is 1.91 bits per heavy atom. The Bertz CT molecular complexity index is 990. The first-order valence-electron chi connectivity index (χ1n) is 12.9. The van der Waals surface area contributed by atoms with Crippen LogP contribution in [0, 0.1) is 11.3 Å². The lowest BCUT2D eigenvalue weighted by molar-refractivity contribution is 0.0236. The summed E-state index contributed by atoms with van der Waals surface area (Å²) in [5, 5.41) is 4.98. The fourth-order valence-electron chi connectivity index (χ4n) is 5.98. The van der Waals surface area contributed by atoms with Gasteiger partial charge in [-0.05, 0) is 88.4 Å². The number of methoxy groups -OCH3 is 1. The molecule has 1 aromatic heterocycles. The maximum atomic E-state index is 6.51. The van der Waals surface area contributed by atoms with Gasteiger partial charge in [0.25, 0.3) is 0 Å². The number of fused-ring (bicyclic) bond motifs is 2. The van der Waals surface area contributed by atoms with E-state index in [1.54, 1.807) is 7.11 Å². The van der Waals surface area contributed by atoms with Crippen molar-refractivity contribution in [3.63, 3.8) is 0 Å². The number of hydrogen-bond donors (Lipinski definition) is 1. The molecule has 3 fully saturated rings. The molecule has 4 aliphatic rings. The number of anilines is 1. The molecule has 1 aliphatic heterocycles. The summed E-state index contributed by atoms with van der Waals surface area (Å²) in [6.07, 6.45) is 12.7. The smallest absolute Gasteiger partial charge is 0.163 e. The number of rotatable bonds is 9. The van der Waals surface area contributed by atoms with Crippen molar-refractivity contribution in [1.29, 1.82) is 0 Å². The Kier molecular flexibility index (Phi) is 5.41. The number of ether oxygens (including phenoxy) is 2. The molecule has 3 aliphatic carbocycles. The van der Waals surface area contributed by atoms with E-state index in [1.807, 2.05) is 0 Å². The van der Waals surface area contributed by atoms with Crippen LogP contribution < -0.4 is 14.8 Å². The number of nitrogens with one attached hydrogen (secondary N) is 1. The largest absolute Gasteiger partial charge is 0.493 e. The molecule has 2 heterocycles. The van der Waals surface area contributed by atoms with E-state index in [1.165, 1.54) is 93.3 Å². The summed E-state index contributed by atoms with van der Waals surface area (Å²) in [5.74, 6) is 2.53. The zero-order valence-electron chi connectivity index (χ0n) is 19.5. The van der Waals surface area contributed by atoms with Crippen molar-refractivity contribution in [1.82, 2.24) is 9.88 Å². The van der Waals surface area contributed by atoms with Crippen molar-refractivity contribution < 1.29 is 9.47 Å². The van der Waals surface area contributed by atoms with Gasteiger partial charge < -0.3 is 19.7 Å². The maximum Gasteiger partial charge on any atom is 0.163 e. The molecule has 1 aromatic carbocycles. The molecule has 0 atom stereocenters. The van der Waals surface area contributed by atoms with Crippen molar-refractivity contribution in [3.8, 4) is 11.5 Å². The second-order valence-electron chi connectivity index (χ2n) is 10.7. The monoisotopic (exact) mass is 435 g/mol. The van der Waals surface area contributed by atoms with Gasteiger partial charge in [0, 0.05) is 41.3 Å². The van der Waals surface area contributed by atoms with Crippen LogP contribution in [0.15, 0.2) is 12.1 Å². The molecule has 32 heavy (non-hydrogen) atoms. The van der Waals surface area contributed by atoms with Gasteiger partial charge in [-0.2, -0.15) is 0 Å². The average Bonchev–Trinajstić information content (AvgIpc) is 3.25. The van der Waals surface area contributed by atoms with Crippen molar-refractivity contribution in [3.05, 3.63) is 23.4 Å². The molecule has 1 N–H and O–H groups in total. The predicted molar refractivity (Wildman–Crippen MR) is 129 cm³/mol. The molecular formula is C27H37N3O2. The third-order valence-electron chi connectivity index (χ3n) is 8.27. The Morgan fingerprint density at radius 3 is 2.62 bits per heavy atom. The van der Waals surface area contributed by atoms with Gasteiger partial charge in [-0.25, -0.2) is 0 Å². The minimum atomic E-state index is 0.312. The second-order valence-corrected chi connectivity index (χ2v) is 10.7. The first-order valence-corrected chi connectivity index (χ1v) is 12.9. The highest BCUT2D eigenvalue weighted by atomic mass is 16.5. The molecule has 0 spiro atoms. The van der Waals surface area contributed by atoms with Gasteiger partial charge in [0.1, 0.15) is 0 Å². The van der Waals surface area contributed by atoms with E-state index >= 15 is 0 Å². The normalized spacial score (nSPS) is 22.0. The summed E-state index contributed by atoms with van der Waals surface area (Å²) in [5.41, 5.74) is 5.35. The van der Waals surface area contributed by atoms with E-state index in [9.17, 15) is 0 Å². The molecular weight excluding hydrogens is 398 g/mol. The summed E-state index contributed by atoms with van der Waals surface area (Å²) in [7, 11) is 1.76.